The first kappa shape index (κ1) is 21.2. The second-order valence-electron chi connectivity index (χ2n) is 7.36. The number of carboxylic acids is 1. The second-order valence-corrected chi connectivity index (χ2v) is 7.36. The van der Waals surface area contributed by atoms with Gasteiger partial charge in [-0.25, -0.2) is 0 Å². The Morgan fingerprint density at radius 2 is 1.86 bits per heavy atom. The van der Waals surface area contributed by atoms with Crippen LogP contribution in [0.2, 0.25) is 0 Å². The van der Waals surface area contributed by atoms with Crippen LogP contribution in [0.3, 0.4) is 0 Å². The molecule has 0 aliphatic carbocycles. The lowest BCUT2D eigenvalue weighted by Crippen LogP contribution is -3.00. The van der Waals surface area contributed by atoms with Gasteiger partial charge in [-0.05, 0) is 31.6 Å². The maximum Gasteiger partial charge on any atom is 1.00 e. The van der Waals surface area contributed by atoms with Crippen molar-refractivity contribution in [1.29, 1.82) is 0 Å². The van der Waals surface area contributed by atoms with Crippen LogP contribution in [0.25, 0.3) is 0 Å². The summed E-state index contributed by atoms with van der Waals surface area (Å²) in [5, 5.41) is 11.2. The lowest BCUT2D eigenvalue weighted by atomic mass is 9.82. The van der Waals surface area contributed by atoms with E-state index < -0.39 is 5.97 Å². The Labute approximate surface area is 141 Å². The van der Waals surface area contributed by atoms with Gasteiger partial charge in [0.1, 0.15) is 0 Å². The quantitative estimate of drug-likeness (QED) is 0.498. The van der Waals surface area contributed by atoms with Gasteiger partial charge in [-0.3, -0.25) is 4.79 Å². The summed E-state index contributed by atoms with van der Waals surface area (Å²) in [6, 6.07) is 0. The fraction of sp³-hybridized carbons (Fsp3) is 0.875. The summed E-state index contributed by atoms with van der Waals surface area (Å²) in [7, 11) is 4.37. The van der Waals surface area contributed by atoms with E-state index in [-0.39, 0.29) is 31.6 Å². The zero-order chi connectivity index (χ0) is 16.2. The third-order valence-electron chi connectivity index (χ3n) is 4.99. The number of carbonyl (C=O) groups is 2. The summed E-state index contributed by atoms with van der Waals surface area (Å²) in [4.78, 5) is 22.3. The lowest BCUT2D eigenvalue weighted by molar-refractivity contribution is -0.880. The van der Waals surface area contributed by atoms with Crippen LogP contribution in [-0.4, -0.2) is 43.5 Å². The molecule has 0 radical (unpaired) electrons. The third-order valence-corrected chi connectivity index (χ3v) is 4.99. The number of carboxylic acid groups (broad SMARTS) is 1. The predicted octanol–water partition coefficient (Wildman–Crippen LogP) is -2.51. The summed E-state index contributed by atoms with van der Waals surface area (Å²) < 4.78 is 0.920. The van der Waals surface area contributed by atoms with Crippen molar-refractivity contribution >= 4 is 11.9 Å². The van der Waals surface area contributed by atoms with Crippen molar-refractivity contribution in [2.45, 2.75) is 39.5 Å². The van der Waals surface area contributed by atoms with Crippen molar-refractivity contribution < 1.29 is 33.0 Å². The Balaban J connectivity index is 0. The van der Waals surface area contributed by atoms with Crippen LogP contribution >= 0.6 is 0 Å². The molecule has 1 heterocycles. The minimum absolute atomic E-state index is 0. The molecule has 0 aromatic heterocycles. The molecule has 0 aromatic carbocycles. The monoisotopic (exact) mass is 334 g/mol. The molecule has 1 fully saturated rings. The van der Waals surface area contributed by atoms with Crippen LogP contribution in [0.15, 0.2) is 0 Å². The molecule has 0 aromatic rings. The van der Waals surface area contributed by atoms with Crippen LogP contribution < -0.4 is 23.2 Å². The zero-order valence-corrected chi connectivity index (χ0v) is 14.9. The van der Waals surface area contributed by atoms with E-state index in [1.54, 1.807) is 0 Å². The van der Waals surface area contributed by atoms with Gasteiger partial charge in [0.25, 0.3) is 0 Å². The number of primary amides is 1. The number of carbonyl (C=O) groups excluding carboxylic acids is 2. The molecular weight excluding hydrogens is 304 g/mol. The maximum atomic E-state index is 11.2. The number of nitrogens with two attached hydrogens (primary N) is 1. The molecule has 1 aliphatic heterocycles. The van der Waals surface area contributed by atoms with E-state index in [0.29, 0.717) is 24.7 Å². The fourth-order valence-electron chi connectivity index (χ4n) is 3.64. The molecule has 1 aliphatic rings. The van der Waals surface area contributed by atoms with Crippen molar-refractivity contribution in [2.75, 3.05) is 27.2 Å². The van der Waals surface area contributed by atoms with E-state index >= 15 is 0 Å². The number of halogens is 1. The highest BCUT2D eigenvalue weighted by Crippen LogP contribution is 2.35. The minimum Gasteiger partial charge on any atom is -1.00 e. The highest BCUT2D eigenvalue weighted by Gasteiger charge is 2.40. The van der Waals surface area contributed by atoms with Gasteiger partial charge in [-0.1, -0.05) is 13.8 Å². The molecule has 0 saturated carbocycles. The SMILES string of the molecule is CCC(CC1C[N+](C)(C)CC1CCC(C)C(N)=O)C(=O)[O-].[Cl-].[H+]. The van der Waals surface area contributed by atoms with E-state index in [1.807, 2.05) is 13.8 Å². The standard InChI is InChI=1S/C16H30N2O3.ClH/c1-5-12(16(20)21)8-14-10-18(3,4)9-13(14)7-6-11(2)15(17)19;/h11-14H,5-10H2,1-4H3,(H2-,17,19,20,21);1H. The Morgan fingerprint density at radius 1 is 1.32 bits per heavy atom. The van der Waals surface area contributed by atoms with Crippen LogP contribution in [0.4, 0.5) is 0 Å². The summed E-state index contributed by atoms with van der Waals surface area (Å²) in [5.74, 6) is -0.786. The molecule has 5 nitrogen and oxygen atoms in total. The van der Waals surface area contributed by atoms with Gasteiger partial charge in [0.05, 0.1) is 27.2 Å². The number of hydrogen-bond acceptors (Lipinski definition) is 3. The summed E-state index contributed by atoms with van der Waals surface area (Å²) in [6.07, 6.45) is 3.05. The predicted molar refractivity (Wildman–Crippen MR) is 80.9 cm³/mol. The number of amides is 1. The molecule has 22 heavy (non-hydrogen) atoms. The average molecular weight is 335 g/mol. The first-order valence-corrected chi connectivity index (χ1v) is 7.98. The number of rotatable bonds is 8. The molecule has 6 heteroatoms. The minimum atomic E-state index is -0.932. The van der Waals surface area contributed by atoms with E-state index in [1.165, 1.54) is 0 Å². The first-order chi connectivity index (χ1) is 9.66. The number of nitrogens with zero attached hydrogens (tertiary/aromatic N) is 1. The molecule has 1 amide bonds. The second kappa shape index (κ2) is 8.73. The third kappa shape index (κ3) is 6.13. The Kier molecular flexibility index (Phi) is 8.40. The van der Waals surface area contributed by atoms with Crippen LogP contribution in [0.5, 0.6) is 0 Å². The molecule has 130 valence electrons. The number of aliphatic carboxylic acids is 1. The van der Waals surface area contributed by atoms with E-state index in [9.17, 15) is 14.7 Å². The van der Waals surface area contributed by atoms with Crippen molar-refractivity contribution in [2.24, 2.45) is 29.4 Å². The molecule has 2 N–H and O–H groups in total. The molecule has 1 rings (SSSR count). The van der Waals surface area contributed by atoms with Gasteiger partial charge in [0.15, 0.2) is 0 Å². The number of likely N-dealkylation sites (tertiary alicyclic amines) is 1. The van der Waals surface area contributed by atoms with Crippen LogP contribution in [0.1, 0.15) is 41.0 Å². The van der Waals surface area contributed by atoms with E-state index in [4.69, 9.17) is 5.73 Å². The fourth-order valence-corrected chi connectivity index (χ4v) is 3.64. The summed E-state index contributed by atoms with van der Waals surface area (Å²) in [6.45, 7) is 5.81. The summed E-state index contributed by atoms with van der Waals surface area (Å²) in [5.41, 5.74) is 5.32. The number of quaternary nitrogens is 1. The Hall–Kier alpha value is -0.810. The van der Waals surface area contributed by atoms with E-state index in [2.05, 4.69) is 14.1 Å². The van der Waals surface area contributed by atoms with Crippen LogP contribution in [-0.2, 0) is 9.59 Å². The molecule has 1 saturated heterocycles. The molecule has 4 unspecified atom stereocenters. The molecule has 0 bridgehead atoms. The Morgan fingerprint density at radius 3 is 2.32 bits per heavy atom. The normalized spacial score (nSPS) is 26.0. The van der Waals surface area contributed by atoms with Crippen molar-refractivity contribution in [3.63, 3.8) is 0 Å². The number of hydrogen-bond donors (Lipinski definition) is 1. The zero-order valence-electron chi connectivity index (χ0n) is 15.2. The Bertz CT molecular complexity index is 394. The topological polar surface area (TPSA) is 83.2 Å². The highest BCUT2D eigenvalue weighted by molar-refractivity contribution is 5.76. The van der Waals surface area contributed by atoms with Gasteiger partial charge in [0, 0.05) is 23.7 Å². The van der Waals surface area contributed by atoms with Crippen molar-refractivity contribution in [3.05, 3.63) is 0 Å². The first-order valence-electron chi connectivity index (χ1n) is 7.98. The van der Waals surface area contributed by atoms with Crippen molar-refractivity contribution in [1.82, 2.24) is 0 Å². The highest BCUT2D eigenvalue weighted by atomic mass is 35.5. The largest absolute Gasteiger partial charge is 1.00 e. The van der Waals surface area contributed by atoms with Gasteiger partial charge < -0.3 is 32.5 Å². The molecular formula is C16H31ClN2O3. The van der Waals surface area contributed by atoms with Gasteiger partial charge >= 0.3 is 1.43 Å². The average Bonchev–Trinajstić information content (AvgIpc) is 2.66. The summed E-state index contributed by atoms with van der Waals surface area (Å²) >= 11 is 0. The van der Waals surface area contributed by atoms with Crippen molar-refractivity contribution in [3.8, 4) is 0 Å². The van der Waals surface area contributed by atoms with Gasteiger partial charge in [-0.2, -0.15) is 0 Å². The molecule has 4 atom stereocenters. The van der Waals surface area contributed by atoms with Crippen LogP contribution in [0, 0.1) is 23.7 Å². The van der Waals surface area contributed by atoms with Gasteiger partial charge in [0.2, 0.25) is 5.91 Å². The lowest BCUT2D eigenvalue weighted by Gasteiger charge is -2.24. The maximum absolute atomic E-state index is 11.2. The molecule has 0 spiro atoms. The smallest absolute Gasteiger partial charge is 1.00 e. The van der Waals surface area contributed by atoms with E-state index in [0.717, 1.165) is 30.4 Å². The van der Waals surface area contributed by atoms with Gasteiger partial charge in [-0.15, -0.1) is 0 Å².